The van der Waals surface area contributed by atoms with Gasteiger partial charge in [0.05, 0.1) is 11.6 Å². The van der Waals surface area contributed by atoms with E-state index in [0.29, 0.717) is 44.4 Å². The lowest BCUT2D eigenvalue weighted by Gasteiger charge is -2.39. The predicted octanol–water partition coefficient (Wildman–Crippen LogP) is 7.60. The number of carbonyl (C=O) groups is 1. The molecule has 1 aliphatic heterocycles. The summed E-state index contributed by atoms with van der Waals surface area (Å²) in [5.41, 5.74) is 1.63. The normalized spacial score (nSPS) is 18.1. The molecule has 5 rings (SSSR count). The van der Waals surface area contributed by atoms with Crippen molar-refractivity contribution in [2.75, 3.05) is 26.2 Å². The summed E-state index contributed by atoms with van der Waals surface area (Å²) in [5.74, 6) is -3.88. The van der Waals surface area contributed by atoms with Gasteiger partial charge in [0.1, 0.15) is 17.7 Å². The summed E-state index contributed by atoms with van der Waals surface area (Å²) in [6.45, 7) is 2.00. The third-order valence-corrected chi connectivity index (χ3v) is 6.94. The Balaban J connectivity index is 1.19. The van der Waals surface area contributed by atoms with E-state index in [1.165, 1.54) is 12.1 Å². The minimum atomic E-state index is -4.00. The number of piperazine rings is 1. The smallest absolute Gasteiger partial charge is 0.426 e. The molecule has 3 aromatic carbocycles. The standard InChI is InChI=1S/C32H27F5N2O3/c33-25-19-27(21-29(35)28(34)20-25)42-32(36,37)24-11-13-26(14-12-24)41-31(40)39-17-15-38(16-18-39)30(22-7-3-1-4-8-22)23-9-5-2-6-10-23/h1-14,19-21,25,30H,15-18H2. The molecule has 1 fully saturated rings. The number of rotatable bonds is 7. The molecular weight excluding hydrogens is 555 g/mol. The minimum Gasteiger partial charge on any atom is -0.429 e. The first-order valence-corrected chi connectivity index (χ1v) is 13.3. The average molecular weight is 583 g/mol. The summed E-state index contributed by atoms with van der Waals surface area (Å²) in [4.78, 5) is 16.7. The first-order valence-electron chi connectivity index (χ1n) is 13.3. The van der Waals surface area contributed by atoms with E-state index in [2.05, 4.69) is 33.9 Å². The number of hydrogen-bond donors (Lipinski definition) is 0. The van der Waals surface area contributed by atoms with Gasteiger partial charge >= 0.3 is 12.2 Å². The van der Waals surface area contributed by atoms with Gasteiger partial charge in [0, 0.05) is 32.3 Å². The van der Waals surface area contributed by atoms with E-state index in [0.717, 1.165) is 23.3 Å². The Bertz CT molecular complexity index is 1430. The predicted molar refractivity (Wildman–Crippen MR) is 147 cm³/mol. The van der Waals surface area contributed by atoms with E-state index in [1.54, 1.807) is 4.90 Å². The summed E-state index contributed by atoms with van der Waals surface area (Å²) in [5, 5.41) is 0. The molecular formula is C32H27F5N2O3. The van der Waals surface area contributed by atoms with Gasteiger partial charge in [-0.1, -0.05) is 60.7 Å². The molecule has 1 heterocycles. The van der Waals surface area contributed by atoms with Crippen molar-refractivity contribution in [1.29, 1.82) is 0 Å². The fourth-order valence-electron chi connectivity index (χ4n) is 4.87. The highest BCUT2D eigenvalue weighted by Gasteiger charge is 2.36. The third-order valence-electron chi connectivity index (χ3n) is 6.94. The highest BCUT2D eigenvalue weighted by atomic mass is 19.3. The lowest BCUT2D eigenvalue weighted by molar-refractivity contribution is -0.221. The Kier molecular flexibility index (Phi) is 8.72. The average Bonchev–Trinajstić information content (AvgIpc) is 3.10. The molecule has 5 nitrogen and oxygen atoms in total. The Labute approximate surface area is 239 Å². The number of hydrogen-bond acceptors (Lipinski definition) is 4. The molecule has 3 aromatic rings. The van der Waals surface area contributed by atoms with Gasteiger partial charge in [-0.2, -0.15) is 8.78 Å². The zero-order valence-corrected chi connectivity index (χ0v) is 22.3. The molecule has 0 radical (unpaired) electrons. The Morgan fingerprint density at radius 3 is 1.93 bits per heavy atom. The van der Waals surface area contributed by atoms with Crippen molar-refractivity contribution in [1.82, 2.24) is 9.80 Å². The molecule has 2 aliphatic rings. The molecule has 0 bridgehead atoms. The highest BCUT2D eigenvalue weighted by Crippen LogP contribution is 2.35. The van der Waals surface area contributed by atoms with Gasteiger partial charge in [0.2, 0.25) is 0 Å². The van der Waals surface area contributed by atoms with Gasteiger partial charge in [-0.25, -0.2) is 18.0 Å². The van der Waals surface area contributed by atoms with Gasteiger partial charge in [-0.05, 0) is 47.5 Å². The van der Waals surface area contributed by atoms with Crippen LogP contribution in [0.3, 0.4) is 0 Å². The van der Waals surface area contributed by atoms with E-state index in [1.807, 2.05) is 36.4 Å². The van der Waals surface area contributed by atoms with E-state index >= 15 is 0 Å². The monoisotopic (exact) mass is 582 g/mol. The van der Waals surface area contributed by atoms with Gasteiger partial charge in [0.15, 0.2) is 11.7 Å². The van der Waals surface area contributed by atoms with Crippen molar-refractivity contribution in [3.8, 4) is 5.75 Å². The van der Waals surface area contributed by atoms with Crippen molar-refractivity contribution in [3.63, 3.8) is 0 Å². The summed E-state index contributed by atoms with van der Waals surface area (Å²) >= 11 is 0. The minimum absolute atomic E-state index is 0.0220. The van der Waals surface area contributed by atoms with Crippen LogP contribution >= 0.6 is 0 Å². The lowest BCUT2D eigenvalue weighted by Crippen LogP contribution is -2.50. The largest absolute Gasteiger partial charge is 0.429 e. The molecule has 0 spiro atoms. The van der Waals surface area contributed by atoms with Crippen LogP contribution in [-0.4, -0.2) is 48.2 Å². The van der Waals surface area contributed by atoms with E-state index < -0.39 is 41.3 Å². The molecule has 1 amide bonds. The molecule has 42 heavy (non-hydrogen) atoms. The first-order chi connectivity index (χ1) is 20.2. The van der Waals surface area contributed by atoms with Crippen LogP contribution in [0, 0.1) is 0 Å². The molecule has 0 aromatic heterocycles. The number of alkyl halides is 3. The van der Waals surface area contributed by atoms with Crippen LogP contribution in [-0.2, 0) is 10.8 Å². The van der Waals surface area contributed by atoms with Crippen LogP contribution in [0.25, 0.3) is 0 Å². The Hall–Kier alpha value is -4.44. The number of amides is 1. The zero-order valence-electron chi connectivity index (χ0n) is 22.3. The van der Waals surface area contributed by atoms with Crippen LogP contribution in [0.2, 0.25) is 0 Å². The topological polar surface area (TPSA) is 42.0 Å². The molecule has 10 heteroatoms. The maximum Gasteiger partial charge on any atom is 0.426 e. The molecule has 0 saturated carbocycles. The second-order valence-corrected chi connectivity index (χ2v) is 9.78. The Morgan fingerprint density at radius 2 is 1.36 bits per heavy atom. The number of carbonyl (C=O) groups excluding carboxylic acids is 1. The van der Waals surface area contributed by atoms with Crippen molar-refractivity contribution in [3.05, 3.63) is 137 Å². The summed E-state index contributed by atoms with van der Waals surface area (Å²) in [6, 6.07) is 24.5. The molecule has 1 atom stereocenters. The summed E-state index contributed by atoms with van der Waals surface area (Å²) in [7, 11) is 0. The molecule has 1 unspecified atom stereocenters. The molecule has 218 valence electrons. The SMILES string of the molecule is O=C(Oc1ccc(C(F)(F)OC2=CC(F)C=C(F)C(F)=C2)cc1)N1CCN(C(c2ccccc2)c2ccccc2)CC1. The number of ether oxygens (including phenoxy) is 2. The van der Waals surface area contributed by atoms with Gasteiger partial charge in [0.25, 0.3) is 0 Å². The number of halogens is 5. The molecule has 0 N–H and O–H groups in total. The van der Waals surface area contributed by atoms with Crippen LogP contribution in [0.15, 0.2) is 121 Å². The number of allylic oxidation sites excluding steroid dienone is 5. The second kappa shape index (κ2) is 12.6. The van der Waals surface area contributed by atoms with Gasteiger partial charge < -0.3 is 14.4 Å². The molecule has 1 aliphatic carbocycles. The van der Waals surface area contributed by atoms with Crippen molar-refractivity contribution >= 4 is 6.09 Å². The summed E-state index contributed by atoms with van der Waals surface area (Å²) < 4.78 is 79.9. The van der Waals surface area contributed by atoms with Gasteiger partial charge in [-0.15, -0.1) is 0 Å². The highest BCUT2D eigenvalue weighted by molar-refractivity contribution is 5.70. The molecule has 1 saturated heterocycles. The number of benzene rings is 3. The van der Waals surface area contributed by atoms with Crippen molar-refractivity contribution in [2.24, 2.45) is 0 Å². The summed E-state index contributed by atoms with van der Waals surface area (Å²) in [6.07, 6.45) is -5.60. The maximum absolute atomic E-state index is 14.7. The lowest BCUT2D eigenvalue weighted by atomic mass is 9.96. The first kappa shape index (κ1) is 29.1. The fraction of sp³-hybridized carbons (Fsp3) is 0.219. The van der Waals surface area contributed by atoms with Crippen molar-refractivity contribution < 1.29 is 36.2 Å². The van der Waals surface area contributed by atoms with E-state index in [-0.39, 0.29) is 11.8 Å². The van der Waals surface area contributed by atoms with Crippen molar-refractivity contribution in [2.45, 2.75) is 18.3 Å². The van der Waals surface area contributed by atoms with E-state index in [4.69, 9.17) is 4.74 Å². The second-order valence-electron chi connectivity index (χ2n) is 9.78. The maximum atomic E-state index is 14.7. The Morgan fingerprint density at radius 1 is 0.786 bits per heavy atom. The van der Waals surface area contributed by atoms with Crippen LogP contribution in [0.5, 0.6) is 5.75 Å². The quantitative estimate of drug-likeness (QED) is 0.269. The van der Waals surface area contributed by atoms with Gasteiger partial charge in [-0.3, -0.25) is 4.90 Å². The fourth-order valence-corrected chi connectivity index (χ4v) is 4.87. The van der Waals surface area contributed by atoms with E-state index in [9.17, 15) is 26.7 Å². The zero-order chi connectivity index (χ0) is 29.7. The number of nitrogens with zero attached hydrogens (tertiary/aromatic N) is 2. The van der Waals surface area contributed by atoms with Crippen LogP contribution in [0.4, 0.5) is 26.7 Å². The van der Waals surface area contributed by atoms with Crippen LogP contribution < -0.4 is 4.74 Å². The third kappa shape index (κ3) is 6.88. The van der Waals surface area contributed by atoms with Crippen LogP contribution in [0.1, 0.15) is 22.7 Å².